The van der Waals surface area contributed by atoms with Crippen LogP contribution in [-0.2, 0) is 16.1 Å². The molecule has 0 radical (unpaired) electrons. The van der Waals surface area contributed by atoms with Crippen molar-refractivity contribution in [3.8, 4) is 0 Å². The van der Waals surface area contributed by atoms with Gasteiger partial charge in [0.1, 0.15) is 6.54 Å². The molecule has 7 nitrogen and oxygen atoms in total. The Morgan fingerprint density at radius 2 is 1.69 bits per heavy atom. The van der Waals surface area contributed by atoms with Gasteiger partial charge in [0, 0.05) is 44.2 Å². The maximum Gasteiger partial charge on any atom is 0.318 e. The van der Waals surface area contributed by atoms with Crippen molar-refractivity contribution in [3.05, 3.63) is 59.4 Å². The highest BCUT2D eigenvalue weighted by Gasteiger charge is 2.52. The number of urea groups is 1. The zero-order chi connectivity index (χ0) is 27.1. The molecular formula is C32H44N4O3. The molecule has 7 heteroatoms. The number of hydrogen-bond donors (Lipinski definition) is 1. The molecule has 3 amide bonds. The highest BCUT2D eigenvalue weighted by molar-refractivity contribution is 5.85. The van der Waals surface area contributed by atoms with Gasteiger partial charge in [0.15, 0.2) is 0 Å². The maximum atomic E-state index is 14.0. The molecule has 0 spiro atoms. The van der Waals surface area contributed by atoms with Gasteiger partial charge in [0.05, 0.1) is 12.6 Å². The van der Waals surface area contributed by atoms with Gasteiger partial charge in [0.2, 0.25) is 5.91 Å². The average molecular weight is 533 g/mol. The van der Waals surface area contributed by atoms with E-state index in [1.165, 1.54) is 24.8 Å². The van der Waals surface area contributed by atoms with Crippen LogP contribution in [0.3, 0.4) is 0 Å². The lowest BCUT2D eigenvalue weighted by molar-refractivity contribution is -0.134. The highest BCUT2D eigenvalue weighted by atomic mass is 16.5. The molecule has 2 aromatic rings. The van der Waals surface area contributed by atoms with Crippen LogP contribution in [0, 0.1) is 17.8 Å². The standard InChI is InChI=1S/C32H44N4O3/c1-22(2)26-6-8-27(9-7-26)30-28-5-4-10-34(28)11-12-36(30)29(37)21-35(13-14-39-3)31(38)33-32-18-23-15-24(19-32)17-25(16-23)20-32/h4-10,22-25,30H,11-21H2,1-3H3,(H,33,38). The van der Waals surface area contributed by atoms with Crippen molar-refractivity contribution in [1.82, 2.24) is 19.7 Å². The second kappa shape index (κ2) is 10.6. The van der Waals surface area contributed by atoms with Gasteiger partial charge in [-0.3, -0.25) is 4.79 Å². The van der Waals surface area contributed by atoms with Crippen molar-refractivity contribution >= 4 is 11.9 Å². The topological polar surface area (TPSA) is 66.8 Å². The number of carbonyl (C=O) groups excluding carboxylic acids is 2. The number of aromatic nitrogens is 1. The molecule has 5 aliphatic rings. The summed E-state index contributed by atoms with van der Waals surface area (Å²) in [6, 6.07) is 12.6. The summed E-state index contributed by atoms with van der Waals surface area (Å²) in [7, 11) is 1.65. The van der Waals surface area contributed by atoms with Gasteiger partial charge >= 0.3 is 6.03 Å². The molecule has 4 aliphatic carbocycles. The summed E-state index contributed by atoms with van der Waals surface area (Å²) in [4.78, 5) is 31.4. The first-order valence-electron chi connectivity index (χ1n) is 14.9. The van der Waals surface area contributed by atoms with Crippen molar-refractivity contribution in [3.63, 3.8) is 0 Å². The molecule has 210 valence electrons. The predicted molar refractivity (Wildman–Crippen MR) is 151 cm³/mol. The molecule has 2 heterocycles. The van der Waals surface area contributed by atoms with Crippen LogP contribution in [0.1, 0.15) is 81.2 Å². The van der Waals surface area contributed by atoms with Crippen LogP contribution in [0.5, 0.6) is 0 Å². The summed E-state index contributed by atoms with van der Waals surface area (Å²) in [5.41, 5.74) is 3.42. The van der Waals surface area contributed by atoms with Gasteiger partial charge < -0.3 is 24.4 Å². The SMILES string of the molecule is COCCN(CC(=O)N1CCn2cccc2C1c1ccc(C(C)C)cc1)C(=O)NC12CC3CC(CC(C3)C1)C2. The average Bonchev–Trinajstić information content (AvgIpc) is 3.38. The van der Waals surface area contributed by atoms with E-state index in [-0.39, 0.29) is 30.1 Å². The van der Waals surface area contributed by atoms with Gasteiger partial charge in [-0.15, -0.1) is 0 Å². The van der Waals surface area contributed by atoms with Gasteiger partial charge in [-0.2, -0.15) is 0 Å². The molecule has 39 heavy (non-hydrogen) atoms. The molecule has 1 aliphatic heterocycles. The number of carbonyl (C=O) groups is 2. The Bertz CT molecular complexity index is 1150. The summed E-state index contributed by atoms with van der Waals surface area (Å²) in [5, 5.41) is 3.47. The summed E-state index contributed by atoms with van der Waals surface area (Å²) in [6.07, 6.45) is 9.36. The Kier molecular flexibility index (Phi) is 7.21. The minimum Gasteiger partial charge on any atom is -0.383 e. The van der Waals surface area contributed by atoms with E-state index in [1.54, 1.807) is 12.0 Å². The fourth-order valence-corrected chi connectivity index (χ4v) is 8.34. The quantitative estimate of drug-likeness (QED) is 0.510. The van der Waals surface area contributed by atoms with E-state index in [2.05, 4.69) is 66.3 Å². The van der Waals surface area contributed by atoms with Crippen LogP contribution in [0.25, 0.3) is 0 Å². The van der Waals surface area contributed by atoms with E-state index >= 15 is 0 Å². The lowest BCUT2D eigenvalue weighted by Gasteiger charge is -2.57. The molecule has 1 aromatic heterocycles. The Labute approximate surface area is 232 Å². The maximum absolute atomic E-state index is 14.0. The van der Waals surface area contributed by atoms with Crippen molar-refractivity contribution in [2.45, 2.75) is 76.4 Å². The Balaban J connectivity index is 1.21. The van der Waals surface area contributed by atoms with Crippen LogP contribution < -0.4 is 5.32 Å². The monoisotopic (exact) mass is 532 g/mol. The summed E-state index contributed by atoms with van der Waals surface area (Å²) in [6.45, 7) is 6.63. The second-order valence-electron chi connectivity index (χ2n) is 13.0. The molecule has 1 atom stereocenters. The van der Waals surface area contributed by atoms with Crippen molar-refractivity contribution in [1.29, 1.82) is 0 Å². The lowest BCUT2D eigenvalue weighted by atomic mass is 9.53. The lowest BCUT2D eigenvalue weighted by Crippen LogP contribution is -2.62. The number of fused-ring (bicyclic) bond motifs is 1. The molecule has 0 saturated heterocycles. The third kappa shape index (κ3) is 5.22. The fraction of sp³-hybridized carbons (Fsp3) is 0.625. The van der Waals surface area contributed by atoms with E-state index in [1.807, 2.05) is 4.90 Å². The van der Waals surface area contributed by atoms with Gasteiger partial charge in [-0.1, -0.05) is 38.1 Å². The summed E-state index contributed by atoms with van der Waals surface area (Å²) >= 11 is 0. The van der Waals surface area contributed by atoms with Crippen LogP contribution in [0.15, 0.2) is 42.6 Å². The van der Waals surface area contributed by atoms with Crippen molar-refractivity contribution in [2.75, 3.05) is 33.4 Å². The Morgan fingerprint density at radius 3 is 2.31 bits per heavy atom. The summed E-state index contributed by atoms with van der Waals surface area (Å²) < 4.78 is 7.59. The normalized spacial score (nSPS) is 29.0. The molecule has 4 saturated carbocycles. The number of rotatable bonds is 8. The third-order valence-corrected chi connectivity index (χ3v) is 9.87. The van der Waals surface area contributed by atoms with E-state index < -0.39 is 0 Å². The van der Waals surface area contributed by atoms with Crippen molar-refractivity contribution in [2.24, 2.45) is 17.8 Å². The first-order valence-corrected chi connectivity index (χ1v) is 14.9. The minimum atomic E-state index is -0.169. The summed E-state index contributed by atoms with van der Waals surface area (Å²) in [5.74, 6) is 2.68. The number of amides is 3. The number of nitrogens with one attached hydrogen (secondary N) is 1. The highest BCUT2D eigenvalue weighted by Crippen LogP contribution is 2.55. The van der Waals surface area contributed by atoms with Crippen molar-refractivity contribution < 1.29 is 14.3 Å². The largest absolute Gasteiger partial charge is 0.383 e. The predicted octanol–water partition coefficient (Wildman–Crippen LogP) is 5.17. The van der Waals surface area contributed by atoms with Gasteiger partial charge in [-0.05, 0) is 85.5 Å². The van der Waals surface area contributed by atoms with E-state index in [0.717, 1.165) is 54.8 Å². The second-order valence-corrected chi connectivity index (χ2v) is 13.0. The zero-order valence-corrected chi connectivity index (χ0v) is 23.8. The number of benzene rings is 1. The number of hydrogen-bond acceptors (Lipinski definition) is 3. The molecule has 4 bridgehead atoms. The third-order valence-electron chi connectivity index (χ3n) is 9.87. The number of methoxy groups -OCH3 is 1. The molecule has 1 N–H and O–H groups in total. The van der Waals surface area contributed by atoms with E-state index in [9.17, 15) is 9.59 Å². The molecule has 1 unspecified atom stereocenters. The Hall–Kier alpha value is -2.80. The Morgan fingerprint density at radius 1 is 1.03 bits per heavy atom. The van der Waals surface area contributed by atoms with Crippen LogP contribution in [-0.4, -0.2) is 65.2 Å². The number of nitrogens with zero attached hydrogens (tertiary/aromatic N) is 3. The number of ether oxygens (including phenoxy) is 1. The van der Waals surface area contributed by atoms with E-state index in [4.69, 9.17) is 4.74 Å². The van der Waals surface area contributed by atoms with Crippen LogP contribution in [0.2, 0.25) is 0 Å². The minimum absolute atomic E-state index is 0.0165. The van der Waals surface area contributed by atoms with Gasteiger partial charge in [0.25, 0.3) is 0 Å². The first kappa shape index (κ1) is 26.4. The molecule has 4 fully saturated rings. The molecule has 1 aromatic carbocycles. The molecule has 7 rings (SSSR count). The molecular weight excluding hydrogens is 488 g/mol. The van der Waals surface area contributed by atoms with Crippen LogP contribution >= 0.6 is 0 Å². The van der Waals surface area contributed by atoms with Gasteiger partial charge in [-0.25, -0.2) is 4.79 Å². The fourth-order valence-electron chi connectivity index (χ4n) is 8.34. The smallest absolute Gasteiger partial charge is 0.318 e. The van der Waals surface area contributed by atoms with E-state index in [0.29, 0.717) is 25.6 Å². The van der Waals surface area contributed by atoms with Crippen LogP contribution in [0.4, 0.5) is 4.79 Å². The first-order chi connectivity index (χ1) is 18.8. The zero-order valence-electron chi connectivity index (χ0n) is 23.8.